The van der Waals surface area contributed by atoms with Crippen LogP contribution < -0.4 is 0 Å². The molecular weight excluding hydrogens is 320 g/mol. The van der Waals surface area contributed by atoms with Gasteiger partial charge in [-0.05, 0) is 63.4 Å². The van der Waals surface area contributed by atoms with Gasteiger partial charge in [0.1, 0.15) is 0 Å². The third-order valence-electron chi connectivity index (χ3n) is 5.03. The van der Waals surface area contributed by atoms with Crippen LogP contribution in [0.25, 0.3) is 10.8 Å². The van der Waals surface area contributed by atoms with Crippen LogP contribution >= 0.6 is 0 Å². The van der Waals surface area contributed by atoms with Crippen molar-refractivity contribution < 1.29 is 9.90 Å². The number of fused-ring (bicyclic) bond motifs is 1. The Morgan fingerprint density at radius 3 is 2.35 bits per heavy atom. The van der Waals surface area contributed by atoms with Crippen molar-refractivity contribution >= 4 is 16.7 Å². The van der Waals surface area contributed by atoms with Gasteiger partial charge in [-0.2, -0.15) is 0 Å². The van der Waals surface area contributed by atoms with Gasteiger partial charge in [0.05, 0.1) is 5.56 Å². The Morgan fingerprint density at radius 2 is 1.69 bits per heavy atom. The molecule has 0 aliphatic carbocycles. The molecule has 0 atom stereocenters. The van der Waals surface area contributed by atoms with Crippen LogP contribution in [0.15, 0.2) is 54.6 Å². The Kier molecular flexibility index (Phi) is 5.13. The molecule has 1 N–H and O–H groups in total. The minimum absolute atomic E-state index is 0.364. The highest BCUT2D eigenvalue weighted by Gasteiger charge is 2.12. The second-order valence-corrected chi connectivity index (χ2v) is 7.61. The maximum atomic E-state index is 11.5. The van der Waals surface area contributed by atoms with Crippen molar-refractivity contribution in [2.45, 2.75) is 46.0 Å². The molecule has 0 saturated heterocycles. The summed E-state index contributed by atoms with van der Waals surface area (Å²) in [5.74, 6) is 0.0935. The van der Waals surface area contributed by atoms with Crippen molar-refractivity contribution in [1.82, 2.24) is 0 Å². The van der Waals surface area contributed by atoms with Crippen LogP contribution in [-0.4, -0.2) is 11.1 Å². The number of rotatable bonds is 5. The topological polar surface area (TPSA) is 37.3 Å². The van der Waals surface area contributed by atoms with Crippen molar-refractivity contribution in [2.24, 2.45) is 0 Å². The molecule has 0 saturated carbocycles. The summed E-state index contributed by atoms with van der Waals surface area (Å²) in [5, 5.41) is 11.2. The van der Waals surface area contributed by atoms with Gasteiger partial charge in [0.15, 0.2) is 0 Å². The van der Waals surface area contributed by atoms with Crippen molar-refractivity contribution in [3.8, 4) is 0 Å². The fraction of sp³-hybridized carbons (Fsp3) is 0.292. The molecule has 3 aromatic carbocycles. The highest BCUT2D eigenvalue weighted by Crippen LogP contribution is 2.28. The summed E-state index contributed by atoms with van der Waals surface area (Å²) in [5.41, 5.74) is 5.57. The second kappa shape index (κ2) is 7.33. The summed E-state index contributed by atoms with van der Waals surface area (Å²) < 4.78 is 0. The lowest BCUT2D eigenvalue weighted by Gasteiger charge is -2.17. The van der Waals surface area contributed by atoms with E-state index in [1.54, 1.807) is 12.1 Å². The highest BCUT2D eigenvalue weighted by atomic mass is 16.4. The van der Waals surface area contributed by atoms with Crippen LogP contribution in [0.1, 0.15) is 72.1 Å². The lowest BCUT2D eigenvalue weighted by Crippen LogP contribution is -2.01. The zero-order chi connectivity index (χ0) is 18.8. The van der Waals surface area contributed by atoms with E-state index >= 15 is 0 Å². The Balaban J connectivity index is 2.04. The van der Waals surface area contributed by atoms with Gasteiger partial charge in [0.2, 0.25) is 0 Å². The largest absolute Gasteiger partial charge is 0.478 e. The predicted octanol–water partition coefficient (Wildman–Crippen LogP) is 6.38. The molecule has 0 amide bonds. The van der Waals surface area contributed by atoms with Gasteiger partial charge >= 0.3 is 5.97 Å². The molecule has 0 spiro atoms. The third-order valence-corrected chi connectivity index (χ3v) is 5.03. The van der Waals surface area contributed by atoms with Crippen molar-refractivity contribution in [3.63, 3.8) is 0 Å². The number of carbonyl (C=O) groups is 1. The normalized spacial score (nSPS) is 11.5. The summed E-state index contributed by atoms with van der Waals surface area (Å²) in [6, 6.07) is 18.4. The summed E-state index contributed by atoms with van der Waals surface area (Å²) in [4.78, 5) is 11.5. The van der Waals surface area contributed by atoms with Crippen molar-refractivity contribution in [2.75, 3.05) is 0 Å². The van der Waals surface area contributed by atoms with E-state index in [-0.39, 0.29) is 0 Å². The van der Waals surface area contributed by atoms with E-state index in [2.05, 4.69) is 52.0 Å². The van der Waals surface area contributed by atoms with Crippen LogP contribution in [0, 0.1) is 0 Å². The van der Waals surface area contributed by atoms with Gasteiger partial charge in [-0.15, -0.1) is 0 Å². The fourth-order valence-corrected chi connectivity index (χ4v) is 3.51. The molecule has 3 rings (SSSR count). The molecule has 2 nitrogen and oxygen atoms in total. The maximum Gasteiger partial charge on any atom is 0.336 e. The smallest absolute Gasteiger partial charge is 0.336 e. The molecule has 0 heterocycles. The van der Waals surface area contributed by atoms with Gasteiger partial charge < -0.3 is 5.11 Å². The number of hydrogen-bond donors (Lipinski definition) is 1. The van der Waals surface area contributed by atoms with Crippen molar-refractivity contribution in [1.29, 1.82) is 0 Å². The van der Waals surface area contributed by atoms with E-state index in [4.69, 9.17) is 0 Å². The average Bonchev–Trinajstić information content (AvgIpc) is 2.60. The first kappa shape index (κ1) is 18.2. The van der Waals surface area contributed by atoms with Crippen LogP contribution in [-0.2, 0) is 6.42 Å². The Bertz CT molecular complexity index is 952. The van der Waals surface area contributed by atoms with E-state index in [0.29, 0.717) is 17.4 Å². The minimum Gasteiger partial charge on any atom is -0.478 e. The van der Waals surface area contributed by atoms with Crippen molar-refractivity contribution in [3.05, 3.63) is 82.4 Å². The second-order valence-electron chi connectivity index (χ2n) is 7.61. The van der Waals surface area contributed by atoms with Crippen LogP contribution in [0.4, 0.5) is 0 Å². The van der Waals surface area contributed by atoms with Gasteiger partial charge in [0.25, 0.3) is 0 Å². The number of benzene rings is 3. The molecule has 26 heavy (non-hydrogen) atoms. The SMILES string of the molecule is CC(C)c1ccc(Cc2ccc3cccc(C(=O)O)c3c2)c(C(C)C)c1. The van der Waals surface area contributed by atoms with Crippen LogP contribution in [0.5, 0.6) is 0 Å². The van der Waals surface area contributed by atoms with E-state index in [1.807, 2.05) is 18.2 Å². The summed E-state index contributed by atoms with van der Waals surface area (Å²) >= 11 is 0. The Morgan fingerprint density at radius 1 is 0.923 bits per heavy atom. The molecule has 0 unspecified atom stereocenters. The first-order valence-corrected chi connectivity index (χ1v) is 9.24. The predicted molar refractivity (Wildman–Crippen MR) is 108 cm³/mol. The number of hydrogen-bond acceptors (Lipinski definition) is 1. The average molecular weight is 346 g/mol. The zero-order valence-corrected chi connectivity index (χ0v) is 15.9. The molecule has 0 aromatic heterocycles. The molecule has 2 heteroatoms. The molecule has 0 aliphatic rings. The van der Waals surface area contributed by atoms with Gasteiger partial charge in [-0.1, -0.05) is 70.2 Å². The summed E-state index contributed by atoms with van der Waals surface area (Å²) in [6.45, 7) is 8.89. The minimum atomic E-state index is -0.878. The molecule has 0 radical (unpaired) electrons. The standard InChI is InChI=1S/C24H26O2/c1-15(2)19-10-11-20(22(14-19)16(3)4)12-17-8-9-18-6-5-7-21(24(25)26)23(18)13-17/h5-11,13-16H,12H2,1-4H3,(H,25,26). The number of carboxylic acid groups (broad SMARTS) is 1. The molecule has 0 aliphatic heterocycles. The van der Waals surface area contributed by atoms with E-state index in [1.165, 1.54) is 16.7 Å². The number of carboxylic acids is 1. The van der Waals surface area contributed by atoms with Gasteiger partial charge in [0, 0.05) is 0 Å². The lowest BCUT2D eigenvalue weighted by atomic mass is 9.88. The quantitative estimate of drug-likeness (QED) is 0.582. The molecule has 0 bridgehead atoms. The van der Waals surface area contributed by atoms with E-state index in [0.717, 1.165) is 22.8 Å². The first-order chi connectivity index (χ1) is 12.4. The van der Waals surface area contributed by atoms with E-state index < -0.39 is 5.97 Å². The molecule has 3 aromatic rings. The van der Waals surface area contributed by atoms with Crippen LogP contribution in [0.3, 0.4) is 0 Å². The molecule has 134 valence electrons. The van der Waals surface area contributed by atoms with E-state index in [9.17, 15) is 9.90 Å². The number of aromatic carboxylic acids is 1. The third kappa shape index (κ3) is 3.65. The monoisotopic (exact) mass is 346 g/mol. The van der Waals surface area contributed by atoms with Gasteiger partial charge in [-0.3, -0.25) is 0 Å². The first-order valence-electron chi connectivity index (χ1n) is 9.24. The molecule has 0 fully saturated rings. The maximum absolute atomic E-state index is 11.5. The lowest BCUT2D eigenvalue weighted by molar-refractivity contribution is 0.0699. The Labute approximate surface area is 155 Å². The molecular formula is C24H26O2. The highest BCUT2D eigenvalue weighted by molar-refractivity contribution is 6.03. The Hall–Kier alpha value is -2.61. The van der Waals surface area contributed by atoms with Crippen LogP contribution in [0.2, 0.25) is 0 Å². The summed E-state index contributed by atoms with van der Waals surface area (Å²) in [7, 11) is 0. The summed E-state index contributed by atoms with van der Waals surface area (Å²) in [6.07, 6.45) is 0.815. The fourth-order valence-electron chi connectivity index (χ4n) is 3.51. The van der Waals surface area contributed by atoms with Gasteiger partial charge in [-0.25, -0.2) is 4.79 Å². The zero-order valence-electron chi connectivity index (χ0n) is 15.9.